The van der Waals surface area contributed by atoms with Crippen LogP contribution in [0.15, 0.2) is 79.0 Å². The minimum absolute atomic E-state index is 0.0408. The smallest absolute Gasteiger partial charge is 0.231 e. The van der Waals surface area contributed by atoms with E-state index in [9.17, 15) is 4.79 Å². The first-order valence-corrected chi connectivity index (χ1v) is 9.99. The standard InChI is InChI=1S/C25H21N3O3/c1-27-21(20-11-12-23-24(13-20)31-16-30-23)14-28(25(27)26)15-22(29)19-9-7-18(8-10-19)17-5-3-2-4-6-17/h2-14,26H,15-16H2,1H3. The summed E-state index contributed by atoms with van der Waals surface area (Å²) >= 11 is 0. The van der Waals surface area contributed by atoms with Crippen LogP contribution in [0.1, 0.15) is 10.4 Å². The Hall–Kier alpha value is -4.06. The highest BCUT2D eigenvalue weighted by Gasteiger charge is 2.17. The number of ketones is 1. The normalized spacial score (nSPS) is 12.2. The van der Waals surface area contributed by atoms with E-state index in [0.29, 0.717) is 17.1 Å². The molecule has 1 aliphatic rings. The number of imidazole rings is 1. The lowest BCUT2D eigenvalue weighted by Gasteiger charge is -2.05. The molecule has 31 heavy (non-hydrogen) atoms. The van der Waals surface area contributed by atoms with Crippen molar-refractivity contribution in [2.75, 3.05) is 6.79 Å². The molecule has 5 rings (SSSR count). The van der Waals surface area contributed by atoms with E-state index in [1.807, 2.05) is 86.0 Å². The first kappa shape index (κ1) is 18.9. The summed E-state index contributed by atoms with van der Waals surface area (Å²) in [5, 5.41) is 8.44. The first-order chi connectivity index (χ1) is 15.1. The van der Waals surface area contributed by atoms with E-state index in [0.717, 1.165) is 22.4 Å². The molecular formula is C25H21N3O3. The van der Waals surface area contributed by atoms with E-state index < -0.39 is 0 Å². The van der Waals surface area contributed by atoms with Crippen molar-refractivity contribution in [3.63, 3.8) is 0 Å². The number of aromatic nitrogens is 2. The number of rotatable bonds is 5. The molecule has 0 amide bonds. The van der Waals surface area contributed by atoms with Crippen molar-refractivity contribution in [3.05, 3.63) is 90.2 Å². The van der Waals surface area contributed by atoms with Crippen LogP contribution in [0.4, 0.5) is 0 Å². The van der Waals surface area contributed by atoms with Crippen molar-refractivity contribution in [1.29, 1.82) is 5.41 Å². The van der Waals surface area contributed by atoms with Gasteiger partial charge in [-0.15, -0.1) is 0 Å². The molecular weight excluding hydrogens is 390 g/mol. The molecule has 1 aliphatic heterocycles. The minimum Gasteiger partial charge on any atom is -0.454 e. The van der Waals surface area contributed by atoms with Gasteiger partial charge < -0.3 is 18.6 Å². The maximum atomic E-state index is 12.9. The molecule has 0 aliphatic carbocycles. The molecule has 154 valence electrons. The van der Waals surface area contributed by atoms with Crippen molar-refractivity contribution in [2.45, 2.75) is 6.54 Å². The average molecular weight is 411 g/mol. The Labute approximate surface area is 179 Å². The monoisotopic (exact) mass is 411 g/mol. The topological polar surface area (TPSA) is 69.2 Å². The maximum absolute atomic E-state index is 12.9. The van der Waals surface area contributed by atoms with Crippen LogP contribution in [0, 0.1) is 5.41 Å². The molecule has 2 heterocycles. The van der Waals surface area contributed by atoms with Gasteiger partial charge in [0.1, 0.15) is 0 Å². The van der Waals surface area contributed by atoms with E-state index >= 15 is 0 Å². The summed E-state index contributed by atoms with van der Waals surface area (Å²) in [4.78, 5) is 12.9. The number of Topliss-reactive ketones (excluding diaryl/α,β-unsaturated/α-hetero) is 1. The number of hydrogen-bond acceptors (Lipinski definition) is 4. The molecule has 6 heteroatoms. The number of benzene rings is 3. The molecule has 0 fully saturated rings. The van der Waals surface area contributed by atoms with Crippen molar-refractivity contribution < 1.29 is 14.3 Å². The third-order valence-electron chi connectivity index (χ3n) is 5.53. The SMILES string of the molecule is Cn1c(-c2ccc3c(c2)OCO3)cn(CC(=O)c2ccc(-c3ccccc3)cc2)c1=N. The van der Waals surface area contributed by atoms with Gasteiger partial charge in [0, 0.05) is 24.4 Å². The van der Waals surface area contributed by atoms with Crippen LogP contribution in [0.3, 0.4) is 0 Å². The summed E-state index contributed by atoms with van der Waals surface area (Å²) < 4.78 is 14.2. The lowest BCUT2D eigenvalue weighted by molar-refractivity contribution is 0.0970. The van der Waals surface area contributed by atoms with Gasteiger partial charge in [0.15, 0.2) is 17.3 Å². The van der Waals surface area contributed by atoms with E-state index in [-0.39, 0.29) is 24.7 Å². The van der Waals surface area contributed by atoms with Crippen molar-refractivity contribution in [3.8, 4) is 33.9 Å². The number of carbonyl (C=O) groups is 1. The van der Waals surface area contributed by atoms with Crippen LogP contribution in [0.5, 0.6) is 11.5 Å². The number of carbonyl (C=O) groups excluding carboxylic acids is 1. The summed E-state index contributed by atoms with van der Waals surface area (Å²) in [6.07, 6.45) is 1.83. The highest BCUT2D eigenvalue weighted by atomic mass is 16.7. The van der Waals surface area contributed by atoms with Gasteiger partial charge in [-0.05, 0) is 29.3 Å². The maximum Gasteiger partial charge on any atom is 0.231 e. The zero-order chi connectivity index (χ0) is 21.4. The van der Waals surface area contributed by atoms with Crippen LogP contribution in [0.2, 0.25) is 0 Å². The summed E-state index contributed by atoms with van der Waals surface area (Å²) in [5.74, 6) is 1.36. The molecule has 0 atom stereocenters. The van der Waals surface area contributed by atoms with Crippen LogP contribution in [0.25, 0.3) is 22.4 Å². The van der Waals surface area contributed by atoms with Gasteiger partial charge in [0.2, 0.25) is 12.4 Å². The second-order valence-electron chi connectivity index (χ2n) is 7.46. The van der Waals surface area contributed by atoms with Crippen molar-refractivity contribution in [2.24, 2.45) is 7.05 Å². The van der Waals surface area contributed by atoms with Gasteiger partial charge in [0.05, 0.1) is 12.2 Å². The molecule has 0 saturated carbocycles. The Morgan fingerprint density at radius 1 is 0.903 bits per heavy atom. The van der Waals surface area contributed by atoms with Gasteiger partial charge in [-0.2, -0.15) is 0 Å². The highest BCUT2D eigenvalue weighted by molar-refractivity contribution is 5.96. The van der Waals surface area contributed by atoms with E-state index in [1.54, 1.807) is 9.13 Å². The predicted octanol–water partition coefficient (Wildman–Crippen LogP) is 4.25. The van der Waals surface area contributed by atoms with Crippen LogP contribution >= 0.6 is 0 Å². The Bertz CT molecular complexity index is 1320. The number of hydrogen-bond donors (Lipinski definition) is 1. The second-order valence-corrected chi connectivity index (χ2v) is 7.46. The lowest BCUT2D eigenvalue weighted by Crippen LogP contribution is -2.25. The Balaban J connectivity index is 1.38. The molecule has 3 aromatic carbocycles. The molecule has 0 unspecified atom stereocenters. The van der Waals surface area contributed by atoms with Gasteiger partial charge in [-0.3, -0.25) is 10.2 Å². The third-order valence-corrected chi connectivity index (χ3v) is 5.53. The minimum atomic E-state index is -0.0408. The lowest BCUT2D eigenvalue weighted by atomic mass is 10.0. The van der Waals surface area contributed by atoms with Crippen molar-refractivity contribution in [1.82, 2.24) is 9.13 Å². The summed E-state index contributed by atoms with van der Waals surface area (Å²) in [7, 11) is 1.82. The van der Waals surface area contributed by atoms with E-state index in [1.165, 1.54) is 0 Å². The highest BCUT2D eigenvalue weighted by Crippen LogP contribution is 2.35. The average Bonchev–Trinajstić information content (AvgIpc) is 3.39. The fraction of sp³-hybridized carbons (Fsp3) is 0.120. The Morgan fingerprint density at radius 3 is 2.35 bits per heavy atom. The predicted molar refractivity (Wildman–Crippen MR) is 117 cm³/mol. The number of nitrogens with one attached hydrogen (secondary N) is 1. The fourth-order valence-electron chi connectivity index (χ4n) is 3.77. The number of fused-ring (bicyclic) bond motifs is 1. The Kier molecular flexibility index (Phi) is 4.67. The molecule has 0 radical (unpaired) electrons. The summed E-state index contributed by atoms with van der Waals surface area (Å²) in [6.45, 7) is 0.315. The van der Waals surface area contributed by atoms with Crippen molar-refractivity contribution >= 4 is 5.78 Å². The molecule has 0 spiro atoms. The van der Waals surface area contributed by atoms with Gasteiger partial charge in [-0.25, -0.2) is 0 Å². The molecule has 0 saturated heterocycles. The number of nitrogens with zero attached hydrogens (tertiary/aromatic N) is 2. The van der Waals surface area contributed by atoms with Crippen LogP contribution < -0.4 is 15.1 Å². The fourth-order valence-corrected chi connectivity index (χ4v) is 3.77. The first-order valence-electron chi connectivity index (χ1n) is 9.99. The summed E-state index contributed by atoms with van der Waals surface area (Å²) in [6, 6.07) is 23.3. The molecule has 4 aromatic rings. The zero-order valence-electron chi connectivity index (χ0n) is 17.0. The third kappa shape index (κ3) is 3.53. The van der Waals surface area contributed by atoms with Crippen LogP contribution in [-0.2, 0) is 13.6 Å². The second kappa shape index (κ2) is 7.65. The van der Waals surface area contributed by atoms with Gasteiger partial charge >= 0.3 is 0 Å². The van der Waals surface area contributed by atoms with Crippen LogP contribution in [-0.4, -0.2) is 21.7 Å². The molecule has 1 N–H and O–H groups in total. The quantitative estimate of drug-likeness (QED) is 0.499. The molecule has 0 bridgehead atoms. The van der Waals surface area contributed by atoms with Gasteiger partial charge in [-0.1, -0.05) is 54.6 Å². The number of ether oxygens (including phenoxy) is 2. The van der Waals surface area contributed by atoms with E-state index in [2.05, 4.69) is 0 Å². The molecule has 6 nitrogen and oxygen atoms in total. The van der Waals surface area contributed by atoms with E-state index in [4.69, 9.17) is 14.9 Å². The molecule has 1 aromatic heterocycles. The van der Waals surface area contributed by atoms with Gasteiger partial charge in [0.25, 0.3) is 0 Å². The summed E-state index contributed by atoms with van der Waals surface area (Å²) in [5.41, 5.74) is 4.78. The zero-order valence-corrected chi connectivity index (χ0v) is 17.0. The largest absolute Gasteiger partial charge is 0.454 e. The Morgan fingerprint density at radius 2 is 1.58 bits per heavy atom.